The van der Waals surface area contributed by atoms with Crippen molar-refractivity contribution >= 4 is 29.9 Å². The topological polar surface area (TPSA) is 36.9 Å². The van der Waals surface area contributed by atoms with Gasteiger partial charge in [-0.05, 0) is 24.0 Å². The number of guanidine groups is 1. The van der Waals surface area contributed by atoms with Crippen LogP contribution in [0.2, 0.25) is 0 Å². The van der Waals surface area contributed by atoms with E-state index in [1.54, 1.807) is 0 Å². The van der Waals surface area contributed by atoms with Crippen LogP contribution in [0.5, 0.6) is 5.75 Å². The van der Waals surface area contributed by atoms with E-state index in [0.717, 1.165) is 37.6 Å². The van der Waals surface area contributed by atoms with Gasteiger partial charge in [-0.15, -0.1) is 24.0 Å². The molecular weight excluding hydrogens is 401 g/mol. The summed E-state index contributed by atoms with van der Waals surface area (Å²) in [5, 5.41) is 3.60. The van der Waals surface area contributed by atoms with Crippen molar-refractivity contribution in [2.75, 3.05) is 20.1 Å². The summed E-state index contributed by atoms with van der Waals surface area (Å²) in [6.07, 6.45) is 3.64. The SMILES string of the molecule is CN=C(NC1CC1(C)C)N1CCC(Oc2ccccc2)CC1.I. The fraction of sp³-hybridized carbons (Fsp3) is 0.611. The number of halogens is 1. The van der Waals surface area contributed by atoms with Crippen LogP contribution in [0.3, 0.4) is 0 Å². The zero-order valence-corrected chi connectivity index (χ0v) is 16.6. The van der Waals surface area contributed by atoms with E-state index in [1.807, 2.05) is 37.4 Å². The molecule has 23 heavy (non-hydrogen) atoms. The summed E-state index contributed by atoms with van der Waals surface area (Å²) in [5.74, 6) is 2.02. The summed E-state index contributed by atoms with van der Waals surface area (Å²) in [7, 11) is 1.88. The number of para-hydroxylation sites is 1. The molecule has 1 aromatic rings. The summed E-state index contributed by atoms with van der Waals surface area (Å²) in [6.45, 7) is 6.62. The Hall–Kier alpha value is -0.980. The average molecular weight is 429 g/mol. The lowest BCUT2D eigenvalue weighted by Crippen LogP contribution is -2.48. The van der Waals surface area contributed by atoms with Crippen molar-refractivity contribution in [2.24, 2.45) is 10.4 Å². The fourth-order valence-electron chi connectivity index (χ4n) is 3.04. The monoisotopic (exact) mass is 429 g/mol. The van der Waals surface area contributed by atoms with E-state index in [0.29, 0.717) is 17.6 Å². The lowest BCUT2D eigenvalue weighted by molar-refractivity contribution is 0.129. The molecule has 0 amide bonds. The first-order valence-corrected chi connectivity index (χ1v) is 8.28. The molecule has 2 aliphatic rings. The Labute approximate surface area is 156 Å². The van der Waals surface area contributed by atoms with E-state index < -0.39 is 0 Å². The Morgan fingerprint density at radius 1 is 1.22 bits per heavy atom. The number of ether oxygens (including phenoxy) is 1. The number of nitrogens with zero attached hydrogens (tertiary/aromatic N) is 2. The highest BCUT2D eigenvalue weighted by Gasteiger charge is 2.46. The predicted molar refractivity (Wildman–Crippen MR) is 106 cm³/mol. The number of rotatable bonds is 3. The molecule has 1 unspecified atom stereocenters. The van der Waals surface area contributed by atoms with Gasteiger partial charge in [0, 0.05) is 39.0 Å². The van der Waals surface area contributed by atoms with E-state index in [9.17, 15) is 0 Å². The Morgan fingerprint density at radius 2 is 1.83 bits per heavy atom. The number of hydrogen-bond acceptors (Lipinski definition) is 2. The third-order valence-electron chi connectivity index (χ3n) is 4.82. The lowest BCUT2D eigenvalue weighted by Gasteiger charge is -2.34. The van der Waals surface area contributed by atoms with Crippen molar-refractivity contribution in [2.45, 2.75) is 45.3 Å². The second kappa shape index (κ2) is 7.73. The largest absolute Gasteiger partial charge is 0.490 e. The maximum Gasteiger partial charge on any atom is 0.193 e. The summed E-state index contributed by atoms with van der Waals surface area (Å²) in [4.78, 5) is 6.82. The molecule has 1 aliphatic carbocycles. The second-order valence-corrected chi connectivity index (χ2v) is 7.05. The molecule has 0 aromatic heterocycles. The summed E-state index contributed by atoms with van der Waals surface area (Å²) < 4.78 is 6.06. The third kappa shape index (κ3) is 4.75. The van der Waals surface area contributed by atoms with Crippen LogP contribution in [0.4, 0.5) is 0 Å². The highest BCUT2D eigenvalue weighted by Crippen LogP contribution is 2.44. The van der Waals surface area contributed by atoms with Crippen molar-refractivity contribution < 1.29 is 4.74 Å². The molecule has 4 nitrogen and oxygen atoms in total. The van der Waals surface area contributed by atoms with Crippen molar-refractivity contribution in [3.8, 4) is 5.75 Å². The molecule has 128 valence electrons. The quantitative estimate of drug-likeness (QED) is 0.454. The minimum absolute atomic E-state index is 0. The van der Waals surface area contributed by atoms with Gasteiger partial charge < -0.3 is 15.0 Å². The smallest absolute Gasteiger partial charge is 0.193 e. The highest BCUT2D eigenvalue weighted by atomic mass is 127. The van der Waals surface area contributed by atoms with Crippen LogP contribution in [0.1, 0.15) is 33.1 Å². The number of benzene rings is 1. The van der Waals surface area contributed by atoms with Crippen molar-refractivity contribution in [1.29, 1.82) is 0 Å². The first kappa shape index (κ1) is 18.4. The maximum atomic E-state index is 6.06. The Bertz CT molecular complexity index is 524. The van der Waals surface area contributed by atoms with Crippen molar-refractivity contribution in [3.05, 3.63) is 30.3 Å². The molecule has 1 N–H and O–H groups in total. The molecule has 5 heteroatoms. The first-order valence-electron chi connectivity index (χ1n) is 8.28. The Morgan fingerprint density at radius 3 is 2.35 bits per heavy atom. The summed E-state index contributed by atoms with van der Waals surface area (Å²) >= 11 is 0. The molecular formula is C18H28IN3O. The van der Waals surface area contributed by atoms with Gasteiger partial charge in [0.2, 0.25) is 0 Å². The van der Waals surface area contributed by atoms with Gasteiger partial charge in [0.1, 0.15) is 11.9 Å². The number of nitrogens with one attached hydrogen (secondary N) is 1. The van der Waals surface area contributed by atoms with E-state index in [1.165, 1.54) is 6.42 Å². The van der Waals surface area contributed by atoms with Gasteiger partial charge in [0.05, 0.1) is 0 Å². The van der Waals surface area contributed by atoms with E-state index in [-0.39, 0.29) is 24.0 Å². The van der Waals surface area contributed by atoms with Gasteiger partial charge in [-0.2, -0.15) is 0 Å². The summed E-state index contributed by atoms with van der Waals surface area (Å²) in [5.41, 5.74) is 0.421. The number of likely N-dealkylation sites (tertiary alicyclic amines) is 1. The van der Waals surface area contributed by atoms with Crippen LogP contribution in [-0.2, 0) is 0 Å². The fourth-order valence-corrected chi connectivity index (χ4v) is 3.04. The van der Waals surface area contributed by atoms with Gasteiger partial charge in [0.15, 0.2) is 5.96 Å². The Balaban J connectivity index is 0.00000192. The minimum Gasteiger partial charge on any atom is -0.490 e. The van der Waals surface area contributed by atoms with E-state index in [4.69, 9.17) is 4.74 Å². The minimum atomic E-state index is 0. The molecule has 1 atom stereocenters. The Kier molecular flexibility index (Phi) is 6.17. The molecule has 0 radical (unpaired) electrons. The normalized spacial score (nSPS) is 23.9. The van der Waals surface area contributed by atoms with E-state index >= 15 is 0 Å². The van der Waals surface area contributed by atoms with Crippen LogP contribution in [0, 0.1) is 5.41 Å². The average Bonchev–Trinajstić information content (AvgIpc) is 3.13. The van der Waals surface area contributed by atoms with Crippen LogP contribution < -0.4 is 10.1 Å². The molecule has 1 heterocycles. The number of aliphatic imine (C=N–C) groups is 1. The van der Waals surface area contributed by atoms with Crippen molar-refractivity contribution in [3.63, 3.8) is 0 Å². The highest BCUT2D eigenvalue weighted by molar-refractivity contribution is 14.0. The molecule has 1 aromatic carbocycles. The molecule has 3 rings (SSSR count). The molecule has 2 fully saturated rings. The van der Waals surface area contributed by atoms with Crippen LogP contribution >= 0.6 is 24.0 Å². The zero-order chi connectivity index (χ0) is 15.6. The zero-order valence-electron chi connectivity index (χ0n) is 14.3. The summed E-state index contributed by atoms with van der Waals surface area (Å²) in [6, 6.07) is 10.7. The second-order valence-electron chi connectivity index (χ2n) is 7.05. The van der Waals surface area contributed by atoms with Gasteiger partial charge >= 0.3 is 0 Å². The van der Waals surface area contributed by atoms with Gasteiger partial charge in [0.25, 0.3) is 0 Å². The van der Waals surface area contributed by atoms with Gasteiger partial charge in [-0.1, -0.05) is 32.0 Å². The van der Waals surface area contributed by atoms with Crippen LogP contribution in [0.25, 0.3) is 0 Å². The molecule has 1 saturated heterocycles. The number of piperidine rings is 1. The van der Waals surface area contributed by atoms with E-state index in [2.05, 4.69) is 29.1 Å². The van der Waals surface area contributed by atoms with Crippen molar-refractivity contribution in [1.82, 2.24) is 10.2 Å². The van der Waals surface area contributed by atoms with Crippen LogP contribution in [-0.4, -0.2) is 43.1 Å². The van der Waals surface area contributed by atoms with Gasteiger partial charge in [-0.25, -0.2) is 0 Å². The predicted octanol–water partition coefficient (Wildman–Crippen LogP) is 3.52. The first-order chi connectivity index (χ1) is 10.6. The maximum absolute atomic E-state index is 6.06. The molecule has 0 bridgehead atoms. The molecule has 1 saturated carbocycles. The third-order valence-corrected chi connectivity index (χ3v) is 4.82. The standard InChI is InChI=1S/C18H27N3O.HI/c1-18(2)13-16(18)20-17(19-3)21-11-9-15(10-12-21)22-14-7-5-4-6-8-14;/h4-8,15-16H,9-13H2,1-3H3,(H,19,20);1H. The molecule has 1 aliphatic heterocycles. The molecule has 0 spiro atoms. The van der Waals surface area contributed by atoms with Crippen LogP contribution in [0.15, 0.2) is 35.3 Å². The van der Waals surface area contributed by atoms with Gasteiger partial charge in [-0.3, -0.25) is 4.99 Å². The number of hydrogen-bond donors (Lipinski definition) is 1. The lowest BCUT2D eigenvalue weighted by atomic mass is 10.1.